The van der Waals surface area contributed by atoms with Crippen molar-refractivity contribution in [1.82, 2.24) is 4.90 Å². The molecule has 26 heavy (non-hydrogen) atoms. The molecular weight excluding hydrogens is 353 g/mol. The summed E-state index contributed by atoms with van der Waals surface area (Å²) in [6.07, 6.45) is 0.518. The van der Waals surface area contributed by atoms with Gasteiger partial charge in [0.25, 0.3) is 0 Å². The van der Waals surface area contributed by atoms with Crippen molar-refractivity contribution in [3.8, 4) is 5.75 Å². The van der Waals surface area contributed by atoms with E-state index in [4.69, 9.17) is 4.74 Å². The van der Waals surface area contributed by atoms with Crippen LogP contribution in [0.1, 0.15) is 23.1 Å². The zero-order valence-corrected chi connectivity index (χ0v) is 16.6. The molecule has 0 atom stereocenters. The third-order valence-electron chi connectivity index (χ3n) is 4.30. The predicted molar refractivity (Wildman–Crippen MR) is 102 cm³/mol. The minimum absolute atomic E-state index is 0.0453. The van der Waals surface area contributed by atoms with Gasteiger partial charge < -0.3 is 9.64 Å². The van der Waals surface area contributed by atoms with Gasteiger partial charge >= 0.3 is 0 Å². The van der Waals surface area contributed by atoms with E-state index in [1.165, 1.54) is 29.8 Å². The molecule has 0 fully saturated rings. The first kappa shape index (κ1) is 20.4. The largest absolute Gasteiger partial charge is 0.496 e. The number of rotatable bonds is 8. The molecule has 0 unspecified atom stereocenters. The summed E-state index contributed by atoms with van der Waals surface area (Å²) in [6, 6.07) is 9.17. The number of hydrogen-bond donors (Lipinski definition) is 0. The Labute approximate surface area is 155 Å². The second-order valence-corrected chi connectivity index (χ2v) is 8.74. The SMILES string of the molecule is COc1c(C)cc(CN(C)CCCS(=O)(=O)c2ccc(F)cc2)cc1C. The smallest absolute Gasteiger partial charge is 0.178 e. The maximum atomic E-state index is 12.9. The molecule has 0 heterocycles. The van der Waals surface area contributed by atoms with E-state index in [0.717, 1.165) is 23.4 Å². The second-order valence-electron chi connectivity index (χ2n) is 6.63. The van der Waals surface area contributed by atoms with Crippen molar-refractivity contribution in [3.63, 3.8) is 0 Å². The number of aryl methyl sites for hydroxylation is 2. The summed E-state index contributed by atoms with van der Waals surface area (Å²) in [6.45, 7) is 5.43. The van der Waals surface area contributed by atoms with Crippen LogP contribution in [0, 0.1) is 19.7 Å². The molecule has 0 amide bonds. The van der Waals surface area contributed by atoms with Crippen LogP contribution in [-0.4, -0.2) is 39.8 Å². The highest BCUT2D eigenvalue weighted by atomic mass is 32.2. The van der Waals surface area contributed by atoms with Crippen molar-refractivity contribution in [2.24, 2.45) is 0 Å². The van der Waals surface area contributed by atoms with Crippen LogP contribution in [-0.2, 0) is 16.4 Å². The maximum absolute atomic E-state index is 12.9. The quantitative estimate of drug-likeness (QED) is 0.656. The zero-order valence-electron chi connectivity index (χ0n) is 15.8. The van der Waals surface area contributed by atoms with Crippen LogP contribution in [0.25, 0.3) is 0 Å². The van der Waals surface area contributed by atoms with Gasteiger partial charge in [-0.15, -0.1) is 0 Å². The van der Waals surface area contributed by atoms with Crippen LogP contribution >= 0.6 is 0 Å². The van der Waals surface area contributed by atoms with Crippen LogP contribution in [0.2, 0.25) is 0 Å². The Bertz CT molecular complexity index is 825. The van der Waals surface area contributed by atoms with Crippen molar-refractivity contribution in [1.29, 1.82) is 0 Å². The highest BCUT2D eigenvalue weighted by Gasteiger charge is 2.15. The summed E-state index contributed by atoms with van der Waals surface area (Å²) in [5.41, 5.74) is 3.36. The summed E-state index contributed by atoms with van der Waals surface area (Å²) < 4.78 is 42.9. The second kappa shape index (κ2) is 8.64. The lowest BCUT2D eigenvalue weighted by Crippen LogP contribution is -2.21. The third-order valence-corrected chi connectivity index (χ3v) is 6.12. The molecule has 0 aliphatic rings. The molecule has 6 heteroatoms. The Hall–Kier alpha value is -1.92. The van der Waals surface area contributed by atoms with Gasteiger partial charge in [0.2, 0.25) is 0 Å². The predicted octanol–water partition coefficient (Wildman–Crippen LogP) is 3.75. The Kier molecular flexibility index (Phi) is 6.78. The lowest BCUT2D eigenvalue weighted by Gasteiger charge is -2.18. The fourth-order valence-corrected chi connectivity index (χ4v) is 4.42. The zero-order chi connectivity index (χ0) is 19.3. The van der Waals surface area contributed by atoms with Crippen LogP contribution in [0.15, 0.2) is 41.3 Å². The minimum Gasteiger partial charge on any atom is -0.496 e. The molecule has 142 valence electrons. The highest BCUT2D eigenvalue weighted by molar-refractivity contribution is 7.91. The molecule has 2 aromatic carbocycles. The number of benzene rings is 2. The standard InChI is InChI=1S/C20H26FNO3S/c1-15-12-17(13-16(2)20(15)25-4)14-22(3)10-5-11-26(23,24)19-8-6-18(21)7-9-19/h6-9,12-13H,5,10-11,14H2,1-4H3. The Morgan fingerprint density at radius 1 is 1.08 bits per heavy atom. The number of hydrogen-bond acceptors (Lipinski definition) is 4. The Morgan fingerprint density at radius 3 is 2.19 bits per heavy atom. The summed E-state index contributed by atoms with van der Waals surface area (Å²) in [5, 5.41) is 0. The third kappa shape index (κ3) is 5.29. The lowest BCUT2D eigenvalue weighted by molar-refractivity contribution is 0.327. The summed E-state index contributed by atoms with van der Waals surface area (Å²) in [5.74, 6) is 0.513. The van der Waals surface area contributed by atoms with E-state index in [9.17, 15) is 12.8 Å². The van der Waals surface area contributed by atoms with Crippen LogP contribution in [0.4, 0.5) is 4.39 Å². The average Bonchev–Trinajstić information content (AvgIpc) is 2.54. The Morgan fingerprint density at radius 2 is 1.65 bits per heavy atom. The first-order valence-electron chi connectivity index (χ1n) is 8.54. The Balaban J connectivity index is 1.91. The van der Waals surface area contributed by atoms with Gasteiger partial charge in [0.15, 0.2) is 9.84 Å². The van der Waals surface area contributed by atoms with E-state index in [2.05, 4.69) is 17.0 Å². The van der Waals surface area contributed by atoms with Crippen molar-refractivity contribution in [2.45, 2.75) is 31.7 Å². The van der Waals surface area contributed by atoms with E-state index >= 15 is 0 Å². The van der Waals surface area contributed by atoms with Gasteiger partial charge in [-0.2, -0.15) is 0 Å². The summed E-state index contributed by atoms with van der Waals surface area (Å²) in [4.78, 5) is 2.27. The number of halogens is 1. The number of ether oxygens (including phenoxy) is 1. The first-order valence-corrected chi connectivity index (χ1v) is 10.2. The van der Waals surface area contributed by atoms with E-state index in [1.807, 2.05) is 20.9 Å². The molecule has 0 N–H and O–H groups in total. The van der Waals surface area contributed by atoms with Gasteiger partial charge in [0.05, 0.1) is 17.8 Å². The molecule has 0 aromatic heterocycles. The first-order chi connectivity index (χ1) is 12.2. The molecule has 2 rings (SSSR count). The van der Waals surface area contributed by atoms with Crippen molar-refractivity contribution >= 4 is 9.84 Å². The van der Waals surface area contributed by atoms with Crippen LogP contribution in [0.5, 0.6) is 5.75 Å². The van der Waals surface area contributed by atoms with Gasteiger partial charge in [-0.25, -0.2) is 12.8 Å². The number of methoxy groups -OCH3 is 1. The average molecular weight is 379 g/mol. The van der Waals surface area contributed by atoms with Crippen molar-refractivity contribution < 1.29 is 17.5 Å². The molecule has 0 aliphatic carbocycles. The molecule has 2 aromatic rings. The molecule has 0 saturated carbocycles. The summed E-state index contributed by atoms with van der Waals surface area (Å²) >= 11 is 0. The molecule has 0 bridgehead atoms. The van der Waals surface area contributed by atoms with Crippen LogP contribution < -0.4 is 4.74 Å². The van der Waals surface area contributed by atoms with Crippen molar-refractivity contribution in [3.05, 3.63) is 58.9 Å². The highest BCUT2D eigenvalue weighted by Crippen LogP contribution is 2.24. The topological polar surface area (TPSA) is 46.6 Å². The monoisotopic (exact) mass is 379 g/mol. The molecule has 0 radical (unpaired) electrons. The van der Waals surface area contributed by atoms with E-state index in [-0.39, 0.29) is 10.6 Å². The van der Waals surface area contributed by atoms with Gasteiger partial charge in [-0.05, 0) is 74.8 Å². The fraction of sp³-hybridized carbons (Fsp3) is 0.400. The van der Waals surface area contributed by atoms with Crippen LogP contribution in [0.3, 0.4) is 0 Å². The van der Waals surface area contributed by atoms with E-state index in [0.29, 0.717) is 13.0 Å². The number of sulfone groups is 1. The summed E-state index contributed by atoms with van der Waals surface area (Å²) in [7, 11) is 0.263. The fourth-order valence-electron chi connectivity index (χ4n) is 3.13. The lowest BCUT2D eigenvalue weighted by atomic mass is 10.1. The van der Waals surface area contributed by atoms with Gasteiger partial charge in [0.1, 0.15) is 11.6 Å². The van der Waals surface area contributed by atoms with E-state index < -0.39 is 15.7 Å². The van der Waals surface area contributed by atoms with Gasteiger partial charge in [0, 0.05) is 6.54 Å². The molecule has 0 aliphatic heterocycles. The molecular formula is C20H26FNO3S. The minimum atomic E-state index is -3.38. The number of nitrogens with zero attached hydrogens (tertiary/aromatic N) is 1. The van der Waals surface area contributed by atoms with Gasteiger partial charge in [-0.1, -0.05) is 12.1 Å². The normalized spacial score (nSPS) is 11.8. The van der Waals surface area contributed by atoms with Crippen molar-refractivity contribution in [2.75, 3.05) is 26.5 Å². The molecule has 0 spiro atoms. The molecule has 0 saturated heterocycles. The molecule has 4 nitrogen and oxygen atoms in total. The maximum Gasteiger partial charge on any atom is 0.178 e. The van der Waals surface area contributed by atoms with Gasteiger partial charge in [-0.3, -0.25) is 0 Å². The van der Waals surface area contributed by atoms with E-state index in [1.54, 1.807) is 7.11 Å².